The van der Waals surface area contributed by atoms with Gasteiger partial charge in [0.25, 0.3) is 11.1 Å². The molecule has 2 aliphatic rings. The highest BCUT2D eigenvalue weighted by Crippen LogP contribution is 2.17. The number of hydrogen-bond donors (Lipinski definition) is 1. The number of amides is 1. The average Bonchev–Trinajstić information content (AvgIpc) is 3.61. The summed E-state index contributed by atoms with van der Waals surface area (Å²) in [6.07, 6.45) is -4.92. The van der Waals surface area contributed by atoms with Gasteiger partial charge in [-0.15, -0.1) is 0 Å². The van der Waals surface area contributed by atoms with E-state index in [1.54, 1.807) is 68.6 Å². The number of ether oxygens (including phenoxy) is 1. The highest BCUT2D eigenvalue weighted by Gasteiger charge is 2.26. The molecule has 0 spiro atoms. The Morgan fingerprint density at radius 1 is 0.667 bits per heavy atom. The van der Waals surface area contributed by atoms with Gasteiger partial charge in [-0.2, -0.15) is 13.2 Å². The molecule has 63 heavy (non-hydrogen) atoms. The summed E-state index contributed by atoms with van der Waals surface area (Å²) in [5.74, 6) is 12.7. The molecule has 0 saturated carbocycles. The number of carbonyl (C=O) groups is 2. The zero-order valence-corrected chi connectivity index (χ0v) is 34.5. The molecule has 0 bridgehead atoms. The Labute approximate surface area is 358 Å². The van der Waals surface area contributed by atoms with Gasteiger partial charge in [0.15, 0.2) is 0 Å². The molecule has 0 fully saturated rings. The number of fused-ring (bicyclic) bond motifs is 4. The summed E-state index contributed by atoms with van der Waals surface area (Å²) in [6, 6.07) is 22.9. The first-order chi connectivity index (χ1) is 30.0. The van der Waals surface area contributed by atoms with E-state index in [0.29, 0.717) is 76.9 Å². The van der Waals surface area contributed by atoms with Crippen LogP contribution in [-0.2, 0) is 35.5 Å². The van der Waals surface area contributed by atoms with Crippen molar-refractivity contribution < 1.29 is 36.3 Å². The number of alkyl halides is 3. The van der Waals surface area contributed by atoms with Gasteiger partial charge in [-0.3, -0.25) is 23.5 Å². The van der Waals surface area contributed by atoms with Crippen molar-refractivity contribution in [2.75, 3.05) is 26.2 Å². The fourth-order valence-corrected chi connectivity index (χ4v) is 6.55. The van der Waals surface area contributed by atoms with Crippen molar-refractivity contribution in [2.45, 2.75) is 58.5 Å². The molecular weight excluding hydrogens is 824 g/mol. The second kappa shape index (κ2) is 19.7. The Hall–Kier alpha value is -7.17. The molecule has 0 saturated heterocycles. The van der Waals surface area contributed by atoms with E-state index in [0.717, 1.165) is 30.9 Å². The van der Waals surface area contributed by atoms with Crippen LogP contribution in [0.5, 0.6) is 0 Å². The fourth-order valence-electron chi connectivity index (χ4n) is 6.55. The molecule has 2 aliphatic heterocycles. The number of aromatic nitrogens is 4. The SMILES string of the molecule is CC(C)(C)OC(=O)N1CCc2nc3cc(C#Cc4cccc(F)c4)ccc3c(=O)n2CC1.O=CC(F)(F)F.O=c1c2ccc(C#Cc3cccc(F)c3)cc2nc2n1CCNCC2. The molecule has 16 heteroatoms. The van der Waals surface area contributed by atoms with Gasteiger partial charge < -0.3 is 15.0 Å². The van der Waals surface area contributed by atoms with Crippen LogP contribution in [-0.4, -0.2) is 74.3 Å². The topological polar surface area (TPSA) is 128 Å². The van der Waals surface area contributed by atoms with E-state index in [-0.39, 0.29) is 22.8 Å². The molecule has 0 radical (unpaired) electrons. The molecule has 4 aromatic carbocycles. The van der Waals surface area contributed by atoms with Gasteiger partial charge in [-0.1, -0.05) is 35.8 Å². The lowest BCUT2D eigenvalue weighted by molar-refractivity contribution is -0.156. The van der Waals surface area contributed by atoms with Gasteiger partial charge in [0.05, 0.1) is 21.8 Å². The predicted octanol–water partition coefficient (Wildman–Crippen LogP) is 6.56. The summed E-state index contributed by atoms with van der Waals surface area (Å²) in [5.41, 5.74) is 3.10. The van der Waals surface area contributed by atoms with Crippen LogP contribution in [0, 0.1) is 35.3 Å². The standard InChI is InChI=1S/C25H24FN3O3.C20H16FN3O.C2HF3O/c1-25(2,3)32-24(31)28-12-11-22-27-21-16-18(8-7-17-5-4-6-19(26)15-17)9-10-20(21)23(30)29(22)14-13-28;21-16-3-1-2-14(12-16)4-5-15-6-7-17-18(13-15)23-19-8-9-22-10-11-24(19)20(17)25;3-2(4,5)1-6/h4-6,9-10,15-16H,11-14H2,1-3H3;1-3,6-7,12-13,22H,8-11H2;1H. The van der Waals surface area contributed by atoms with Crippen LogP contribution in [0.2, 0.25) is 0 Å². The molecule has 2 aromatic heterocycles. The van der Waals surface area contributed by atoms with Gasteiger partial charge >= 0.3 is 12.3 Å². The van der Waals surface area contributed by atoms with Gasteiger partial charge in [0.2, 0.25) is 6.29 Å². The molecular formula is C47H41F5N6O5. The molecule has 6 aromatic rings. The van der Waals surface area contributed by atoms with Crippen molar-refractivity contribution in [3.05, 3.63) is 151 Å². The molecule has 324 valence electrons. The van der Waals surface area contributed by atoms with Gasteiger partial charge in [-0.05, 0) is 93.6 Å². The van der Waals surface area contributed by atoms with E-state index in [9.17, 15) is 36.3 Å². The second-order valence-corrected chi connectivity index (χ2v) is 15.3. The first-order valence-corrected chi connectivity index (χ1v) is 19.8. The molecule has 0 atom stereocenters. The third-order valence-corrected chi connectivity index (χ3v) is 9.44. The lowest BCUT2D eigenvalue weighted by Gasteiger charge is -2.26. The third kappa shape index (κ3) is 12.5. The number of halogens is 5. The Bertz CT molecular complexity index is 2930. The van der Waals surface area contributed by atoms with Crippen molar-refractivity contribution in [1.29, 1.82) is 0 Å². The maximum absolute atomic E-state index is 13.4. The normalized spacial score (nSPS) is 13.4. The van der Waals surface area contributed by atoms with Gasteiger partial charge in [0, 0.05) is 74.4 Å². The average molecular weight is 865 g/mol. The Morgan fingerprint density at radius 3 is 1.62 bits per heavy atom. The van der Waals surface area contributed by atoms with Crippen LogP contribution in [0.1, 0.15) is 54.7 Å². The lowest BCUT2D eigenvalue weighted by Crippen LogP contribution is -2.38. The number of aldehydes is 1. The lowest BCUT2D eigenvalue weighted by atomic mass is 10.1. The Balaban J connectivity index is 0.000000190. The summed E-state index contributed by atoms with van der Waals surface area (Å²) in [5, 5.41) is 4.37. The minimum atomic E-state index is -4.64. The predicted molar refractivity (Wildman–Crippen MR) is 227 cm³/mol. The fraction of sp³-hybridized carbons (Fsp3) is 0.277. The maximum Gasteiger partial charge on any atom is 0.446 e. The number of benzene rings is 4. The van der Waals surface area contributed by atoms with E-state index in [4.69, 9.17) is 14.5 Å². The van der Waals surface area contributed by atoms with Crippen LogP contribution in [0.25, 0.3) is 21.8 Å². The third-order valence-electron chi connectivity index (χ3n) is 9.44. The minimum absolute atomic E-state index is 0.00617. The Morgan fingerprint density at radius 2 is 1.14 bits per heavy atom. The van der Waals surface area contributed by atoms with Gasteiger partial charge in [-0.25, -0.2) is 23.5 Å². The molecule has 11 nitrogen and oxygen atoms in total. The van der Waals surface area contributed by atoms with E-state index >= 15 is 0 Å². The molecule has 4 heterocycles. The number of hydrogen-bond acceptors (Lipinski definition) is 8. The highest BCUT2D eigenvalue weighted by atomic mass is 19.4. The zero-order chi connectivity index (χ0) is 45.3. The van der Waals surface area contributed by atoms with Crippen molar-refractivity contribution in [1.82, 2.24) is 29.3 Å². The van der Waals surface area contributed by atoms with Crippen LogP contribution in [0.3, 0.4) is 0 Å². The monoisotopic (exact) mass is 864 g/mol. The summed E-state index contributed by atoms with van der Waals surface area (Å²) in [6.45, 7) is 8.86. The van der Waals surface area contributed by atoms with Crippen LogP contribution in [0.4, 0.5) is 26.7 Å². The number of nitrogens with one attached hydrogen (secondary N) is 1. The van der Waals surface area contributed by atoms with E-state index in [2.05, 4.69) is 34.0 Å². The molecule has 0 unspecified atom stereocenters. The van der Waals surface area contributed by atoms with E-state index in [1.807, 2.05) is 26.8 Å². The first kappa shape index (κ1) is 45.4. The minimum Gasteiger partial charge on any atom is -0.444 e. The summed E-state index contributed by atoms with van der Waals surface area (Å²) >= 11 is 0. The van der Waals surface area contributed by atoms with Crippen molar-refractivity contribution >= 4 is 34.2 Å². The smallest absolute Gasteiger partial charge is 0.444 e. The van der Waals surface area contributed by atoms with Crippen molar-refractivity contribution in [2.24, 2.45) is 0 Å². The maximum atomic E-state index is 13.4. The van der Waals surface area contributed by atoms with Crippen LogP contribution >= 0.6 is 0 Å². The largest absolute Gasteiger partial charge is 0.446 e. The number of rotatable bonds is 0. The van der Waals surface area contributed by atoms with Crippen LogP contribution in [0.15, 0.2) is 94.5 Å². The Kier molecular flexibility index (Phi) is 14.2. The summed E-state index contributed by atoms with van der Waals surface area (Å²) in [7, 11) is 0. The van der Waals surface area contributed by atoms with Crippen LogP contribution < -0.4 is 16.4 Å². The van der Waals surface area contributed by atoms with E-state index < -0.39 is 24.2 Å². The number of nitrogens with zero attached hydrogens (tertiary/aromatic N) is 5. The van der Waals surface area contributed by atoms with E-state index in [1.165, 1.54) is 24.3 Å². The van der Waals surface area contributed by atoms with Crippen molar-refractivity contribution in [3.63, 3.8) is 0 Å². The zero-order valence-electron chi connectivity index (χ0n) is 34.5. The number of carbonyl (C=O) groups excluding carboxylic acids is 2. The first-order valence-electron chi connectivity index (χ1n) is 19.8. The molecule has 1 amide bonds. The summed E-state index contributed by atoms with van der Waals surface area (Å²) in [4.78, 5) is 57.9. The van der Waals surface area contributed by atoms with Crippen molar-refractivity contribution in [3.8, 4) is 23.7 Å². The summed E-state index contributed by atoms with van der Waals surface area (Å²) < 4.78 is 66.7. The second-order valence-electron chi connectivity index (χ2n) is 15.3. The molecule has 0 aliphatic carbocycles. The van der Waals surface area contributed by atoms with Gasteiger partial charge in [0.1, 0.15) is 28.9 Å². The molecule has 8 rings (SSSR count). The highest BCUT2D eigenvalue weighted by molar-refractivity contribution is 5.80. The quantitative estimate of drug-likeness (QED) is 0.103. The molecule has 1 N–H and O–H groups in total.